The molecule has 0 bridgehead atoms. The number of benzene rings is 1. The van der Waals surface area contributed by atoms with Gasteiger partial charge in [-0.05, 0) is 29.9 Å². The van der Waals surface area contributed by atoms with E-state index < -0.39 is 29.3 Å². The molecule has 7 heteroatoms. The van der Waals surface area contributed by atoms with Crippen LogP contribution in [0.25, 0.3) is 0 Å². The summed E-state index contributed by atoms with van der Waals surface area (Å²) in [6.07, 6.45) is 3.34. The quantitative estimate of drug-likeness (QED) is 0.695. The minimum absolute atomic E-state index is 0.00892. The highest BCUT2D eigenvalue weighted by Crippen LogP contribution is 2.28. The van der Waals surface area contributed by atoms with Crippen LogP contribution in [0.4, 0.5) is 0 Å². The highest BCUT2D eigenvalue weighted by atomic mass is 16.5. The summed E-state index contributed by atoms with van der Waals surface area (Å²) in [7, 11) is 0. The van der Waals surface area contributed by atoms with Gasteiger partial charge in [-0.25, -0.2) is 0 Å². The predicted octanol–water partition coefficient (Wildman–Crippen LogP) is 2.61. The molecule has 30 heavy (non-hydrogen) atoms. The van der Waals surface area contributed by atoms with E-state index in [-0.39, 0.29) is 18.5 Å². The zero-order valence-corrected chi connectivity index (χ0v) is 17.5. The fraction of sp³-hybridized carbons (Fsp3) is 0.435. The highest BCUT2D eigenvalue weighted by molar-refractivity contribution is 5.98. The van der Waals surface area contributed by atoms with Crippen molar-refractivity contribution in [3.05, 3.63) is 60.1 Å². The standard InChI is InChI=1S/C23H28N2O5/c1-4-19-20(18(26)14-30-19)25-22(28)17(24-21(27)15-10-11-29-13-15)12-23(2,3)16-8-6-5-7-9-16/h5-11,13,17,19-20H,4,12,14H2,1-3H3,(H,24,27)(H,25,28)/t17-,19?,20?/m0/s1. The second kappa shape index (κ2) is 9.26. The Balaban J connectivity index is 1.80. The van der Waals surface area contributed by atoms with Crippen molar-refractivity contribution in [2.75, 3.05) is 6.61 Å². The summed E-state index contributed by atoms with van der Waals surface area (Å²) in [6.45, 7) is 5.93. The number of carbonyl (C=O) groups excluding carboxylic acids is 3. The van der Waals surface area contributed by atoms with Gasteiger partial charge in [-0.15, -0.1) is 0 Å². The van der Waals surface area contributed by atoms with E-state index in [0.717, 1.165) is 5.56 Å². The largest absolute Gasteiger partial charge is 0.472 e. The molecule has 1 aliphatic heterocycles. The third-order valence-corrected chi connectivity index (χ3v) is 5.53. The molecule has 1 aliphatic rings. The number of ether oxygens (including phenoxy) is 1. The average Bonchev–Trinajstić information content (AvgIpc) is 3.39. The zero-order chi connectivity index (χ0) is 21.7. The maximum Gasteiger partial charge on any atom is 0.255 e. The molecular formula is C23H28N2O5. The fourth-order valence-electron chi connectivity index (χ4n) is 3.73. The van der Waals surface area contributed by atoms with E-state index in [2.05, 4.69) is 10.6 Å². The highest BCUT2D eigenvalue weighted by Gasteiger charge is 2.38. The lowest BCUT2D eigenvalue weighted by atomic mass is 9.78. The summed E-state index contributed by atoms with van der Waals surface area (Å²) in [5, 5.41) is 5.61. The number of hydrogen-bond donors (Lipinski definition) is 2. The van der Waals surface area contributed by atoms with Gasteiger partial charge < -0.3 is 19.8 Å². The topological polar surface area (TPSA) is 97.6 Å². The molecule has 1 aromatic carbocycles. The smallest absolute Gasteiger partial charge is 0.255 e. The summed E-state index contributed by atoms with van der Waals surface area (Å²) in [6, 6.07) is 9.80. The molecule has 1 fully saturated rings. The van der Waals surface area contributed by atoms with Crippen LogP contribution in [0.1, 0.15) is 49.5 Å². The van der Waals surface area contributed by atoms with Gasteiger partial charge in [0, 0.05) is 0 Å². The Hall–Kier alpha value is -2.93. The van der Waals surface area contributed by atoms with Gasteiger partial charge in [0.05, 0.1) is 17.9 Å². The van der Waals surface area contributed by atoms with Crippen molar-refractivity contribution in [1.29, 1.82) is 0 Å². The van der Waals surface area contributed by atoms with Crippen molar-refractivity contribution in [3.8, 4) is 0 Å². The van der Waals surface area contributed by atoms with Crippen LogP contribution in [0, 0.1) is 0 Å². The first-order chi connectivity index (χ1) is 14.3. The molecule has 1 saturated heterocycles. The predicted molar refractivity (Wildman–Crippen MR) is 111 cm³/mol. The van der Waals surface area contributed by atoms with E-state index in [4.69, 9.17) is 9.15 Å². The third-order valence-electron chi connectivity index (χ3n) is 5.53. The molecule has 0 aliphatic carbocycles. The van der Waals surface area contributed by atoms with Crippen LogP contribution in [0.15, 0.2) is 53.3 Å². The molecule has 2 aromatic rings. The fourth-order valence-corrected chi connectivity index (χ4v) is 3.73. The number of hydrogen-bond acceptors (Lipinski definition) is 5. The number of amides is 2. The molecule has 0 spiro atoms. The summed E-state index contributed by atoms with van der Waals surface area (Å²) in [4.78, 5) is 38.0. The monoisotopic (exact) mass is 412 g/mol. The Morgan fingerprint density at radius 3 is 2.57 bits per heavy atom. The summed E-state index contributed by atoms with van der Waals surface area (Å²) in [5.74, 6) is -0.968. The molecule has 0 radical (unpaired) electrons. The van der Waals surface area contributed by atoms with Crippen LogP contribution < -0.4 is 10.6 Å². The maximum atomic E-state index is 13.2. The third kappa shape index (κ3) is 4.97. The van der Waals surface area contributed by atoms with E-state index >= 15 is 0 Å². The van der Waals surface area contributed by atoms with E-state index in [1.165, 1.54) is 18.6 Å². The molecule has 2 unspecified atom stereocenters. The van der Waals surface area contributed by atoms with Gasteiger partial charge in [-0.1, -0.05) is 51.1 Å². The van der Waals surface area contributed by atoms with Crippen LogP contribution in [0.2, 0.25) is 0 Å². The van der Waals surface area contributed by atoms with Gasteiger partial charge in [0.25, 0.3) is 5.91 Å². The molecule has 2 N–H and O–H groups in total. The first-order valence-electron chi connectivity index (χ1n) is 10.1. The first kappa shape index (κ1) is 21.8. The van der Waals surface area contributed by atoms with Crippen molar-refractivity contribution in [2.45, 2.75) is 57.2 Å². The van der Waals surface area contributed by atoms with Crippen molar-refractivity contribution in [3.63, 3.8) is 0 Å². The van der Waals surface area contributed by atoms with Crippen molar-refractivity contribution in [1.82, 2.24) is 10.6 Å². The number of carbonyl (C=O) groups is 3. The average molecular weight is 412 g/mol. The summed E-state index contributed by atoms with van der Waals surface area (Å²) >= 11 is 0. The maximum absolute atomic E-state index is 13.2. The Labute approximate surface area is 176 Å². The minimum Gasteiger partial charge on any atom is -0.472 e. The lowest BCUT2D eigenvalue weighted by Crippen LogP contribution is -2.54. The molecule has 2 heterocycles. The zero-order valence-electron chi connectivity index (χ0n) is 17.5. The second-order valence-corrected chi connectivity index (χ2v) is 8.20. The van der Waals surface area contributed by atoms with Crippen LogP contribution in [0.3, 0.4) is 0 Å². The normalized spacial score (nSPS) is 20.0. The molecule has 2 amide bonds. The van der Waals surface area contributed by atoms with Crippen LogP contribution in [0.5, 0.6) is 0 Å². The molecule has 1 aromatic heterocycles. The van der Waals surface area contributed by atoms with Crippen molar-refractivity contribution in [2.24, 2.45) is 0 Å². The van der Waals surface area contributed by atoms with Gasteiger partial charge >= 0.3 is 0 Å². The summed E-state index contributed by atoms with van der Waals surface area (Å²) in [5.41, 5.74) is 0.983. The van der Waals surface area contributed by atoms with Gasteiger partial charge in [-0.3, -0.25) is 14.4 Å². The van der Waals surface area contributed by atoms with Gasteiger partial charge in [-0.2, -0.15) is 0 Å². The summed E-state index contributed by atoms with van der Waals surface area (Å²) < 4.78 is 10.4. The Kier molecular flexibility index (Phi) is 6.72. The molecule has 160 valence electrons. The first-order valence-corrected chi connectivity index (χ1v) is 10.1. The number of Topliss-reactive ketones (excluding diaryl/α,β-unsaturated/α-hetero) is 1. The SMILES string of the molecule is CCC1OCC(=O)C1NC(=O)[C@H](CC(C)(C)c1ccccc1)NC(=O)c1ccoc1. The van der Waals surface area contributed by atoms with E-state index in [1.54, 1.807) is 0 Å². The molecule has 7 nitrogen and oxygen atoms in total. The molecule has 3 atom stereocenters. The van der Waals surface area contributed by atoms with Gasteiger partial charge in [0.1, 0.15) is 25.0 Å². The minimum atomic E-state index is -0.839. The molecule has 0 saturated carbocycles. The Morgan fingerprint density at radius 1 is 1.20 bits per heavy atom. The Morgan fingerprint density at radius 2 is 1.93 bits per heavy atom. The van der Waals surface area contributed by atoms with E-state index in [0.29, 0.717) is 18.4 Å². The van der Waals surface area contributed by atoms with Crippen LogP contribution in [-0.2, 0) is 19.7 Å². The number of nitrogens with one attached hydrogen (secondary N) is 2. The molecular weight excluding hydrogens is 384 g/mol. The van der Waals surface area contributed by atoms with E-state index in [1.807, 2.05) is 51.1 Å². The number of rotatable bonds is 8. The number of ketones is 1. The van der Waals surface area contributed by atoms with Crippen LogP contribution >= 0.6 is 0 Å². The van der Waals surface area contributed by atoms with Gasteiger partial charge in [0.2, 0.25) is 5.91 Å². The van der Waals surface area contributed by atoms with Crippen molar-refractivity contribution >= 4 is 17.6 Å². The molecule has 3 rings (SSSR count). The van der Waals surface area contributed by atoms with E-state index in [9.17, 15) is 14.4 Å². The lowest BCUT2D eigenvalue weighted by Gasteiger charge is -2.31. The Bertz CT molecular complexity index is 876. The van der Waals surface area contributed by atoms with Gasteiger partial charge in [0.15, 0.2) is 5.78 Å². The number of furan rings is 1. The van der Waals surface area contributed by atoms with Crippen molar-refractivity contribution < 1.29 is 23.5 Å². The lowest BCUT2D eigenvalue weighted by molar-refractivity contribution is -0.128. The second-order valence-electron chi connectivity index (χ2n) is 8.20. The van der Waals surface area contributed by atoms with Crippen LogP contribution in [-0.4, -0.2) is 42.4 Å².